The Labute approximate surface area is 151 Å². The topological polar surface area (TPSA) is 85.2 Å². The lowest BCUT2D eigenvalue weighted by molar-refractivity contribution is -0.136. The van der Waals surface area contributed by atoms with E-state index < -0.39 is 0 Å². The smallest absolute Gasteiger partial charge is 0.334 e. The maximum Gasteiger partial charge on any atom is 0.334 e. The molecule has 2 aromatic carbocycles. The standard InChI is InChI=1S/C20H20O6/c1-24-18-9-12(3-5-16(18)21)7-14-11-26-20(23)15(14)8-13-4-6-17(22)19(10-13)25-2/h3-6,9-10,21-22H,7-8,11H2,1-2H3. The van der Waals surface area contributed by atoms with Gasteiger partial charge in [-0.1, -0.05) is 12.1 Å². The van der Waals surface area contributed by atoms with E-state index in [9.17, 15) is 15.0 Å². The molecule has 3 rings (SSSR count). The summed E-state index contributed by atoms with van der Waals surface area (Å²) in [4.78, 5) is 12.2. The number of hydrogen-bond acceptors (Lipinski definition) is 6. The lowest BCUT2D eigenvalue weighted by atomic mass is 9.97. The van der Waals surface area contributed by atoms with Gasteiger partial charge in [-0.15, -0.1) is 0 Å². The molecule has 1 heterocycles. The van der Waals surface area contributed by atoms with Crippen LogP contribution in [-0.2, 0) is 22.4 Å². The molecule has 0 saturated heterocycles. The maximum atomic E-state index is 12.2. The number of carbonyl (C=O) groups excluding carboxylic acids is 1. The van der Waals surface area contributed by atoms with Gasteiger partial charge >= 0.3 is 5.97 Å². The molecule has 0 unspecified atom stereocenters. The fraction of sp³-hybridized carbons (Fsp3) is 0.250. The van der Waals surface area contributed by atoms with E-state index in [2.05, 4.69) is 0 Å². The summed E-state index contributed by atoms with van der Waals surface area (Å²) in [6.45, 7) is 0.243. The molecule has 0 fully saturated rings. The van der Waals surface area contributed by atoms with Crippen molar-refractivity contribution in [3.05, 3.63) is 58.7 Å². The number of rotatable bonds is 6. The van der Waals surface area contributed by atoms with Gasteiger partial charge in [0.15, 0.2) is 23.0 Å². The van der Waals surface area contributed by atoms with Crippen LogP contribution in [0.3, 0.4) is 0 Å². The quantitative estimate of drug-likeness (QED) is 0.774. The van der Waals surface area contributed by atoms with Crippen molar-refractivity contribution in [3.63, 3.8) is 0 Å². The molecule has 26 heavy (non-hydrogen) atoms. The number of cyclic esters (lactones) is 1. The Morgan fingerprint density at radius 1 is 0.923 bits per heavy atom. The van der Waals surface area contributed by atoms with Crippen LogP contribution < -0.4 is 9.47 Å². The fourth-order valence-corrected chi connectivity index (χ4v) is 2.94. The molecule has 0 spiro atoms. The van der Waals surface area contributed by atoms with Gasteiger partial charge in [0.1, 0.15) is 6.61 Å². The number of methoxy groups -OCH3 is 2. The first-order valence-electron chi connectivity index (χ1n) is 8.11. The van der Waals surface area contributed by atoms with E-state index in [1.165, 1.54) is 14.2 Å². The number of phenolic OH excluding ortho intramolecular Hbond substituents is 2. The Kier molecular flexibility index (Phi) is 5.02. The predicted octanol–water partition coefficient (Wildman–Crippen LogP) is 2.75. The second-order valence-electron chi connectivity index (χ2n) is 6.02. The first kappa shape index (κ1) is 17.7. The SMILES string of the molecule is COc1cc(CC2=C(Cc3ccc(O)c(OC)c3)C(=O)OC2)ccc1O. The average molecular weight is 356 g/mol. The molecule has 6 nitrogen and oxygen atoms in total. The van der Waals surface area contributed by atoms with Gasteiger partial charge in [-0.05, 0) is 47.4 Å². The summed E-state index contributed by atoms with van der Waals surface area (Å²) in [5.74, 6) is 0.534. The van der Waals surface area contributed by atoms with Crippen LogP contribution in [0.15, 0.2) is 47.5 Å². The van der Waals surface area contributed by atoms with Gasteiger partial charge in [-0.25, -0.2) is 4.79 Å². The van der Waals surface area contributed by atoms with Crippen molar-refractivity contribution < 1.29 is 29.2 Å². The summed E-state index contributed by atoms with van der Waals surface area (Å²) < 4.78 is 15.5. The Morgan fingerprint density at radius 2 is 1.46 bits per heavy atom. The molecular weight excluding hydrogens is 336 g/mol. The van der Waals surface area contributed by atoms with E-state index in [4.69, 9.17) is 14.2 Å². The molecule has 0 radical (unpaired) electrons. The minimum Gasteiger partial charge on any atom is -0.504 e. The van der Waals surface area contributed by atoms with Crippen molar-refractivity contribution in [1.82, 2.24) is 0 Å². The van der Waals surface area contributed by atoms with Crippen molar-refractivity contribution in [1.29, 1.82) is 0 Å². The molecule has 2 aromatic rings. The molecule has 6 heteroatoms. The van der Waals surface area contributed by atoms with Crippen LogP contribution in [-0.4, -0.2) is 37.0 Å². The number of phenols is 2. The van der Waals surface area contributed by atoms with Crippen molar-refractivity contribution in [2.24, 2.45) is 0 Å². The van der Waals surface area contributed by atoms with E-state index >= 15 is 0 Å². The summed E-state index contributed by atoms with van der Waals surface area (Å²) >= 11 is 0. The minimum absolute atomic E-state index is 0.0515. The number of benzene rings is 2. The zero-order valence-electron chi connectivity index (χ0n) is 14.6. The number of aromatic hydroxyl groups is 2. The molecule has 2 N–H and O–H groups in total. The van der Waals surface area contributed by atoms with Crippen LogP contribution in [0.4, 0.5) is 0 Å². The Balaban J connectivity index is 1.87. The molecule has 1 aliphatic rings. The lowest BCUT2D eigenvalue weighted by Gasteiger charge is -2.09. The van der Waals surface area contributed by atoms with E-state index in [1.807, 2.05) is 0 Å². The first-order chi connectivity index (χ1) is 12.5. The third-order valence-corrected chi connectivity index (χ3v) is 4.34. The van der Waals surface area contributed by atoms with Crippen molar-refractivity contribution in [2.75, 3.05) is 20.8 Å². The third kappa shape index (κ3) is 3.59. The monoisotopic (exact) mass is 356 g/mol. The van der Waals surface area contributed by atoms with E-state index in [0.717, 1.165) is 16.7 Å². The predicted molar refractivity (Wildman–Crippen MR) is 94.7 cm³/mol. The fourth-order valence-electron chi connectivity index (χ4n) is 2.94. The summed E-state index contributed by atoms with van der Waals surface area (Å²) in [6.07, 6.45) is 0.910. The molecule has 0 amide bonds. The van der Waals surface area contributed by atoms with Gasteiger partial charge < -0.3 is 24.4 Å². The van der Waals surface area contributed by atoms with Crippen molar-refractivity contribution in [3.8, 4) is 23.0 Å². The van der Waals surface area contributed by atoms with Crippen LogP contribution in [0.1, 0.15) is 11.1 Å². The molecule has 0 atom stereocenters. The van der Waals surface area contributed by atoms with Gasteiger partial charge in [0.2, 0.25) is 0 Å². The highest BCUT2D eigenvalue weighted by Crippen LogP contribution is 2.31. The van der Waals surface area contributed by atoms with Crippen LogP contribution >= 0.6 is 0 Å². The second kappa shape index (κ2) is 7.39. The summed E-state index contributed by atoms with van der Waals surface area (Å²) in [5.41, 5.74) is 3.24. The van der Waals surface area contributed by atoms with Crippen molar-refractivity contribution in [2.45, 2.75) is 12.8 Å². The normalized spacial score (nSPS) is 13.7. The molecule has 136 valence electrons. The molecular formula is C20H20O6. The van der Waals surface area contributed by atoms with Gasteiger partial charge in [-0.2, -0.15) is 0 Å². The largest absolute Gasteiger partial charge is 0.504 e. The Hall–Kier alpha value is -3.15. The molecule has 0 aromatic heterocycles. The van der Waals surface area contributed by atoms with Gasteiger partial charge in [0.25, 0.3) is 0 Å². The highest BCUT2D eigenvalue weighted by Gasteiger charge is 2.25. The lowest BCUT2D eigenvalue weighted by Crippen LogP contribution is -2.03. The highest BCUT2D eigenvalue weighted by atomic mass is 16.5. The van der Waals surface area contributed by atoms with Crippen molar-refractivity contribution >= 4 is 5.97 Å². The van der Waals surface area contributed by atoms with Gasteiger partial charge in [0, 0.05) is 12.0 Å². The number of carbonyl (C=O) groups is 1. The minimum atomic E-state index is -0.335. The zero-order valence-corrected chi connectivity index (χ0v) is 14.6. The summed E-state index contributed by atoms with van der Waals surface area (Å²) in [7, 11) is 2.97. The highest BCUT2D eigenvalue weighted by molar-refractivity contribution is 5.92. The van der Waals surface area contributed by atoms with E-state index in [1.54, 1.807) is 36.4 Å². The second-order valence-corrected chi connectivity index (χ2v) is 6.02. The van der Waals surface area contributed by atoms with Crippen LogP contribution in [0.5, 0.6) is 23.0 Å². The molecule has 1 aliphatic heterocycles. The van der Waals surface area contributed by atoms with E-state index in [-0.39, 0.29) is 24.1 Å². The Morgan fingerprint density at radius 3 is 2.00 bits per heavy atom. The average Bonchev–Trinajstić information content (AvgIpc) is 2.98. The number of hydrogen-bond donors (Lipinski definition) is 2. The third-order valence-electron chi connectivity index (χ3n) is 4.34. The Bertz CT molecular complexity index is 869. The summed E-state index contributed by atoms with van der Waals surface area (Å²) in [6, 6.07) is 10.1. The molecule has 0 aliphatic carbocycles. The zero-order chi connectivity index (χ0) is 18.7. The van der Waals surface area contributed by atoms with Gasteiger partial charge in [-0.3, -0.25) is 0 Å². The molecule has 0 saturated carbocycles. The van der Waals surface area contributed by atoms with Crippen LogP contribution in [0, 0.1) is 0 Å². The van der Waals surface area contributed by atoms with E-state index in [0.29, 0.717) is 29.9 Å². The number of ether oxygens (including phenoxy) is 3. The first-order valence-corrected chi connectivity index (χ1v) is 8.11. The van der Waals surface area contributed by atoms with Gasteiger partial charge in [0.05, 0.1) is 14.2 Å². The maximum absolute atomic E-state index is 12.2. The molecule has 0 bridgehead atoms. The van der Waals surface area contributed by atoms with Crippen LogP contribution in [0.2, 0.25) is 0 Å². The van der Waals surface area contributed by atoms with Crippen LogP contribution in [0.25, 0.3) is 0 Å². The summed E-state index contributed by atoms with van der Waals surface area (Å²) in [5, 5.41) is 19.4. The number of esters is 1.